The molecule has 0 radical (unpaired) electrons. The molecule has 116 valence electrons. The van der Waals surface area contributed by atoms with Crippen LogP contribution in [-0.4, -0.2) is 36.9 Å². The lowest BCUT2D eigenvalue weighted by Gasteiger charge is -2.20. The summed E-state index contributed by atoms with van der Waals surface area (Å²) in [6.07, 6.45) is 0. The monoisotopic (exact) mass is 312 g/mol. The molecule has 0 atom stereocenters. The molecule has 23 heavy (non-hydrogen) atoms. The van der Waals surface area contributed by atoms with Gasteiger partial charge in [0.1, 0.15) is 17.1 Å². The van der Waals surface area contributed by atoms with Crippen LogP contribution in [0.2, 0.25) is 0 Å². The molecule has 0 saturated carbocycles. The minimum atomic E-state index is -0.860. The van der Waals surface area contributed by atoms with E-state index in [1.54, 1.807) is 12.1 Å². The Balaban J connectivity index is 2.35. The number of hydrogen-bond acceptors (Lipinski definition) is 6. The SMILES string of the molecule is COC(=O)c1c(OC)cc2c(c1O)C(=O)c1ccccc1C2=O. The molecular formula is C17H12O6. The van der Waals surface area contributed by atoms with Crippen LogP contribution < -0.4 is 4.74 Å². The fraction of sp³-hybridized carbons (Fsp3) is 0.118. The van der Waals surface area contributed by atoms with Gasteiger partial charge in [0.25, 0.3) is 0 Å². The van der Waals surface area contributed by atoms with E-state index in [-0.39, 0.29) is 33.6 Å². The normalized spacial score (nSPS) is 12.4. The van der Waals surface area contributed by atoms with Gasteiger partial charge in [0.2, 0.25) is 0 Å². The first-order chi connectivity index (χ1) is 11.0. The Bertz CT molecular complexity index is 866. The van der Waals surface area contributed by atoms with Gasteiger partial charge in [-0.3, -0.25) is 9.59 Å². The smallest absolute Gasteiger partial charge is 0.345 e. The van der Waals surface area contributed by atoms with E-state index in [9.17, 15) is 19.5 Å². The van der Waals surface area contributed by atoms with E-state index >= 15 is 0 Å². The van der Waals surface area contributed by atoms with Crippen molar-refractivity contribution in [3.05, 3.63) is 58.1 Å². The molecule has 2 aromatic rings. The summed E-state index contributed by atoms with van der Waals surface area (Å²) in [6, 6.07) is 7.58. The lowest BCUT2D eigenvalue weighted by atomic mass is 9.82. The second kappa shape index (κ2) is 5.24. The van der Waals surface area contributed by atoms with Crippen LogP contribution in [-0.2, 0) is 4.74 Å². The first-order valence-electron chi connectivity index (χ1n) is 6.72. The number of fused-ring (bicyclic) bond motifs is 2. The van der Waals surface area contributed by atoms with Gasteiger partial charge in [0.15, 0.2) is 11.6 Å². The molecule has 0 spiro atoms. The molecule has 3 rings (SSSR count). The molecule has 0 aromatic heterocycles. The molecule has 1 N–H and O–H groups in total. The number of carbonyl (C=O) groups excluding carboxylic acids is 3. The van der Waals surface area contributed by atoms with E-state index in [1.165, 1.54) is 25.3 Å². The standard InChI is InChI=1S/C17H12O6/c1-22-11-7-10-12(16(20)13(11)17(21)23-2)15(19)9-6-4-3-5-8(9)14(10)18/h3-7,20H,1-2H3. The Morgan fingerprint density at radius 2 is 1.61 bits per heavy atom. The summed E-state index contributed by atoms with van der Waals surface area (Å²) in [5.41, 5.74) is -0.0709. The van der Waals surface area contributed by atoms with Gasteiger partial charge in [-0.05, 0) is 6.07 Å². The van der Waals surface area contributed by atoms with Crippen molar-refractivity contribution in [2.75, 3.05) is 14.2 Å². The van der Waals surface area contributed by atoms with Crippen LogP contribution in [0.1, 0.15) is 42.2 Å². The Morgan fingerprint density at radius 1 is 1.00 bits per heavy atom. The number of rotatable bonds is 2. The van der Waals surface area contributed by atoms with E-state index in [0.29, 0.717) is 0 Å². The molecule has 0 aliphatic heterocycles. The highest BCUT2D eigenvalue weighted by molar-refractivity contribution is 6.30. The van der Waals surface area contributed by atoms with Crippen LogP contribution in [0.5, 0.6) is 11.5 Å². The van der Waals surface area contributed by atoms with Gasteiger partial charge in [-0.15, -0.1) is 0 Å². The lowest BCUT2D eigenvalue weighted by Crippen LogP contribution is -2.22. The first kappa shape index (κ1) is 14.8. The van der Waals surface area contributed by atoms with Crippen molar-refractivity contribution < 1.29 is 29.0 Å². The van der Waals surface area contributed by atoms with Crippen molar-refractivity contribution in [2.45, 2.75) is 0 Å². The van der Waals surface area contributed by atoms with Gasteiger partial charge in [0, 0.05) is 16.7 Å². The second-order valence-electron chi connectivity index (χ2n) is 4.92. The maximum absolute atomic E-state index is 12.6. The quantitative estimate of drug-likeness (QED) is 0.728. The molecule has 0 amide bonds. The van der Waals surface area contributed by atoms with Crippen molar-refractivity contribution in [1.82, 2.24) is 0 Å². The van der Waals surface area contributed by atoms with Crippen LogP contribution in [0.25, 0.3) is 0 Å². The summed E-state index contributed by atoms with van der Waals surface area (Å²) < 4.78 is 9.67. The zero-order valence-corrected chi connectivity index (χ0v) is 12.4. The summed E-state index contributed by atoms with van der Waals surface area (Å²) in [6.45, 7) is 0. The molecule has 1 aliphatic carbocycles. The first-order valence-corrected chi connectivity index (χ1v) is 6.72. The molecule has 6 heteroatoms. The summed E-state index contributed by atoms with van der Waals surface area (Å²) in [4.78, 5) is 37.1. The zero-order valence-electron chi connectivity index (χ0n) is 12.4. The number of aromatic hydroxyl groups is 1. The maximum atomic E-state index is 12.6. The number of ketones is 2. The highest BCUT2D eigenvalue weighted by atomic mass is 16.5. The van der Waals surface area contributed by atoms with Crippen LogP contribution in [0.15, 0.2) is 30.3 Å². The maximum Gasteiger partial charge on any atom is 0.345 e. The van der Waals surface area contributed by atoms with Crippen molar-refractivity contribution in [2.24, 2.45) is 0 Å². The number of phenolic OH excluding ortho intramolecular Hbond substituents is 1. The molecule has 2 aromatic carbocycles. The largest absolute Gasteiger partial charge is 0.506 e. The van der Waals surface area contributed by atoms with E-state index < -0.39 is 23.3 Å². The third-order valence-electron chi connectivity index (χ3n) is 3.76. The van der Waals surface area contributed by atoms with Gasteiger partial charge in [-0.2, -0.15) is 0 Å². The number of ether oxygens (including phenoxy) is 2. The van der Waals surface area contributed by atoms with Gasteiger partial charge >= 0.3 is 5.97 Å². The molecule has 0 fully saturated rings. The number of methoxy groups -OCH3 is 2. The van der Waals surface area contributed by atoms with E-state index in [2.05, 4.69) is 4.74 Å². The summed E-state index contributed by atoms with van der Waals surface area (Å²) in [5.74, 6) is -2.45. The lowest BCUT2D eigenvalue weighted by molar-refractivity contribution is 0.0593. The molecule has 6 nitrogen and oxygen atoms in total. The van der Waals surface area contributed by atoms with Crippen LogP contribution in [0, 0.1) is 0 Å². The Hall–Kier alpha value is -3.15. The molecular weight excluding hydrogens is 300 g/mol. The topological polar surface area (TPSA) is 89.9 Å². The van der Waals surface area contributed by atoms with E-state index in [1.807, 2.05) is 0 Å². The highest BCUT2D eigenvalue weighted by Crippen LogP contribution is 2.40. The number of hydrogen-bond donors (Lipinski definition) is 1. The third kappa shape index (κ3) is 1.99. The predicted octanol–water partition coefficient (Wildman–Crippen LogP) is 1.96. The molecule has 0 unspecified atom stereocenters. The zero-order chi connectivity index (χ0) is 16.7. The van der Waals surface area contributed by atoms with Gasteiger partial charge in [-0.25, -0.2) is 4.79 Å². The van der Waals surface area contributed by atoms with E-state index in [0.717, 1.165) is 7.11 Å². The summed E-state index contributed by atoms with van der Waals surface area (Å²) >= 11 is 0. The van der Waals surface area contributed by atoms with Crippen molar-refractivity contribution in [3.63, 3.8) is 0 Å². The number of esters is 1. The minimum absolute atomic E-state index is 0.00398. The Kier molecular flexibility index (Phi) is 3.37. The number of benzene rings is 2. The molecule has 1 aliphatic rings. The molecule has 0 saturated heterocycles. The fourth-order valence-electron chi connectivity index (χ4n) is 2.67. The molecule has 0 bridgehead atoms. The van der Waals surface area contributed by atoms with Crippen molar-refractivity contribution >= 4 is 17.5 Å². The minimum Gasteiger partial charge on any atom is -0.506 e. The van der Waals surface area contributed by atoms with Gasteiger partial charge in [-0.1, -0.05) is 24.3 Å². The second-order valence-corrected chi connectivity index (χ2v) is 4.92. The summed E-state index contributed by atoms with van der Waals surface area (Å²) in [5, 5.41) is 10.4. The highest BCUT2D eigenvalue weighted by Gasteiger charge is 2.36. The van der Waals surface area contributed by atoms with Crippen molar-refractivity contribution in [1.29, 1.82) is 0 Å². The average molecular weight is 312 g/mol. The van der Waals surface area contributed by atoms with Gasteiger partial charge < -0.3 is 14.6 Å². The molecule has 0 heterocycles. The average Bonchev–Trinajstić information content (AvgIpc) is 2.58. The number of phenols is 1. The van der Waals surface area contributed by atoms with E-state index in [4.69, 9.17) is 4.74 Å². The van der Waals surface area contributed by atoms with Crippen LogP contribution >= 0.6 is 0 Å². The predicted molar refractivity (Wildman–Crippen MR) is 79.3 cm³/mol. The number of carbonyl (C=O) groups is 3. The Labute approximate surface area is 131 Å². The fourth-order valence-corrected chi connectivity index (χ4v) is 2.67. The third-order valence-corrected chi connectivity index (χ3v) is 3.76. The van der Waals surface area contributed by atoms with Crippen molar-refractivity contribution in [3.8, 4) is 11.5 Å². The van der Waals surface area contributed by atoms with Crippen LogP contribution in [0.4, 0.5) is 0 Å². The van der Waals surface area contributed by atoms with Crippen LogP contribution in [0.3, 0.4) is 0 Å². The Morgan fingerprint density at radius 3 is 2.17 bits per heavy atom. The summed E-state index contributed by atoms with van der Waals surface area (Å²) in [7, 11) is 2.43. The van der Waals surface area contributed by atoms with Gasteiger partial charge in [0.05, 0.1) is 19.8 Å².